The van der Waals surface area contributed by atoms with Crippen molar-refractivity contribution < 1.29 is 0 Å². The van der Waals surface area contributed by atoms with Gasteiger partial charge in [0.05, 0.1) is 6.33 Å². The minimum atomic E-state index is 0.398. The van der Waals surface area contributed by atoms with E-state index >= 15 is 0 Å². The smallest absolute Gasteiger partial charge is 0.0949 e. The summed E-state index contributed by atoms with van der Waals surface area (Å²) in [5.74, 6) is 0. The van der Waals surface area contributed by atoms with Gasteiger partial charge < -0.3 is 9.88 Å². The lowest BCUT2D eigenvalue weighted by Crippen LogP contribution is -2.35. The van der Waals surface area contributed by atoms with E-state index in [1.165, 1.54) is 24.8 Å². The summed E-state index contributed by atoms with van der Waals surface area (Å²) in [7, 11) is 0. The van der Waals surface area contributed by atoms with Gasteiger partial charge in [0.25, 0.3) is 0 Å². The van der Waals surface area contributed by atoms with Crippen molar-refractivity contribution in [2.45, 2.75) is 44.3 Å². The Labute approximate surface area is 114 Å². The lowest BCUT2D eigenvalue weighted by molar-refractivity contribution is 0.362. The molecule has 1 aliphatic carbocycles. The lowest BCUT2D eigenvalue weighted by Gasteiger charge is -2.26. The molecule has 1 heterocycles. The predicted molar refractivity (Wildman–Crippen MR) is 76.9 cm³/mol. The summed E-state index contributed by atoms with van der Waals surface area (Å²) in [4.78, 5) is 4.17. The first-order valence-electron chi connectivity index (χ1n) is 7.13. The molecule has 0 amide bonds. The number of nitrogens with zero attached hydrogens (tertiary/aromatic N) is 2. The molecule has 0 saturated heterocycles. The molecule has 3 rings (SSSR count). The number of rotatable bonds is 4. The zero-order valence-electron chi connectivity index (χ0n) is 11.4. The molecular formula is C16H21N3. The fraction of sp³-hybridized carbons (Fsp3) is 0.438. The van der Waals surface area contributed by atoms with E-state index in [1.807, 2.05) is 12.5 Å². The topological polar surface area (TPSA) is 29.9 Å². The van der Waals surface area contributed by atoms with Gasteiger partial charge in [-0.2, -0.15) is 0 Å². The van der Waals surface area contributed by atoms with Crippen molar-refractivity contribution >= 4 is 0 Å². The minimum Gasteiger partial charge on any atom is -0.333 e. The molecule has 3 nitrogen and oxygen atoms in total. The molecule has 1 aromatic heterocycles. The van der Waals surface area contributed by atoms with Crippen molar-refractivity contribution in [2.75, 3.05) is 0 Å². The standard InChI is InChI=1S/C16H21N3/c1-13(14-6-3-2-4-7-14)18-15-8-5-9-16(15)19-11-10-17-12-19/h2-4,6-7,10-13,15-16,18H,5,8-9H2,1H3. The Hall–Kier alpha value is -1.61. The van der Waals surface area contributed by atoms with Crippen LogP contribution in [0, 0.1) is 0 Å². The van der Waals surface area contributed by atoms with Crippen LogP contribution >= 0.6 is 0 Å². The van der Waals surface area contributed by atoms with E-state index in [0.717, 1.165) is 0 Å². The second-order valence-corrected chi connectivity index (χ2v) is 5.41. The molecule has 1 aliphatic rings. The number of hydrogen-bond acceptors (Lipinski definition) is 2. The summed E-state index contributed by atoms with van der Waals surface area (Å²) in [6.07, 6.45) is 9.68. The number of aromatic nitrogens is 2. The van der Waals surface area contributed by atoms with Gasteiger partial charge in [0, 0.05) is 30.5 Å². The Kier molecular flexibility index (Phi) is 3.65. The first kappa shape index (κ1) is 12.4. The van der Waals surface area contributed by atoms with E-state index in [-0.39, 0.29) is 0 Å². The maximum atomic E-state index is 4.17. The molecular weight excluding hydrogens is 234 g/mol. The van der Waals surface area contributed by atoms with Gasteiger partial charge in [-0.05, 0) is 31.7 Å². The Morgan fingerprint density at radius 3 is 2.84 bits per heavy atom. The Bertz CT molecular complexity index is 492. The molecule has 0 radical (unpaired) electrons. The van der Waals surface area contributed by atoms with Gasteiger partial charge in [-0.3, -0.25) is 0 Å². The highest BCUT2D eigenvalue weighted by Crippen LogP contribution is 2.31. The van der Waals surface area contributed by atoms with Crippen LogP contribution < -0.4 is 5.32 Å². The van der Waals surface area contributed by atoms with E-state index < -0.39 is 0 Å². The molecule has 3 heteroatoms. The van der Waals surface area contributed by atoms with Crippen LogP contribution in [0.2, 0.25) is 0 Å². The molecule has 1 aromatic carbocycles. The van der Waals surface area contributed by atoms with Gasteiger partial charge in [0.2, 0.25) is 0 Å². The largest absolute Gasteiger partial charge is 0.333 e. The molecule has 19 heavy (non-hydrogen) atoms. The SMILES string of the molecule is CC(NC1CCCC1n1ccnc1)c1ccccc1. The van der Waals surface area contributed by atoms with Crippen LogP contribution in [0.25, 0.3) is 0 Å². The van der Waals surface area contributed by atoms with Gasteiger partial charge in [-0.25, -0.2) is 4.98 Å². The molecule has 1 saturated carbocycles. The number of benzene rings is 1. The average molecular weight is 255 g/mol. The normalized spacial score (nSPS) is 24.5. The maximum Gasteiger partial charge on any atom is 0.0949 e. The van der Waals surface area contributed by atoms with Gasteiger partial charge in [-0.15, -0.1) is 0 Å². The van der Waals surface area contributed by atoms with E-state index in [2.05, 4.69) is 58.3 Å². The van der Waals surface area contributed by atoms with Gasteiger partial charge >= 0.3 is 0 Å². The summed E-state index contributed by atoms with van der Waals surface area (Å²) in [5.41, 5.74) is 1.36. The summed E-state index contributed by atoms with van der Waals surface area (Å²) in [6, 6.07) is 12.2. The highest BCUT2D eigenvalue weighted by Gasteiger charge is 2.29. The highest BCUT2D eigenvalue weighted by atomic mass is 15.1. The Morgan fingerprint density at radius 1 is 1.26 bits per heavy atom. The van der Waals surface area contributed by atoms with Crippen LogP contribution in [0.1, 0.15) is 43.8 Å². The van der Waals surface area contributed by atoms with Crippen molar-refractivity contribution in [3.63, 3.8) is 0 Å². The first-order chi connectivity index (χ1) is 9.34. The fourth-order valence-electron chi connectivity index (χ4n) is 3.12. The third kappa shape index (κ3) is 2.71. The van der Waals surface area contributed by atoms with Crippen LogP contribution in [-0.4, -0.2) is 15.6 Å². The Morgan fingerprint density at radius 2 is 2.11 bits per heavy atom. The third-order valence-electron chi connectivity index (χ3n) is 4.15. The van der Waals surface area contributed by atoms with E-state index in [1.54, 1.807) is 0 Å². The number of hydrogen-bond donors (Lipinski definition) is 1. The second-order valence-electron chi connectivity index (χ2n) is 5.41. The van der Waals surface area contributed by atoms with E-state index in [0.29, 0.717) is 18.1 Å². The number of imidazole rings is 1. The van der Waals surface area contributed by atoms with Crippen LogP contribution in [0.3, 0.4) is 0 Å². The lowest BCUT2D eigenvalue weighted by atomic mass is 10.1. The molecule has 2 aromatic rings. The molecule has 3 atom stereocenters. The molecule has 0 spiro atoms. The van der Waals surface area contributed by atoms with Crippen molar-refractivity contribution in [3.05, 3.63) is 54.6 Å². The summed E-state index contributed by atoms with van der Waals surface area (Å²) in [5, 5.41) is 3.78. The van der Waals surface area contributed by atoms with Crippen LogP contribution in [0.5, 0.6) is 0 Å². The average Bonchev–Trinajstić information content (AvgIpc) is 3.10. The van der Waals surface area contributed by atoms with Crippen molar-refractivity contribution in [1.29, 1.82) is 0 Å². The molecule has 3 unspecified atom stereocenters. The van der Waals surface area contributed by atoms with Crippen LogP contribution in [0.15, 0.2) is 49.1 Å². The highest BCUT2D eigenvalue weighted by molar-refractivity contribution is 5.18. The van der Waals surface area contributed by atoms with Gasteiger partial charge in [-0.1, -0.05) is 30.3 Å². The zero-order valence-corrected chi connectivity index (χ0v) is 11.4. The van der Waals surface area contributed by atoms with Crippen molar-refractivity contribution in [1.82, 2.24) is 14.9 Å². The molecule has 0 bridgehead atoms. The summed E-state index contributed by atoms with van der Waals surface area (Å²) >= 11 is 0. The van der Waals surface area contributed by atoms with Crippen LogP contribution in [-0.2, 0) is 0 Å². The van der Waals surface area contributed by atoms with E-state index in [4.69, 9.17) is 0 Å². The van der Waals surface area contributed by atoms with E-state index in [9.17, 15) is 0 Å². The Balaban J connectivity index is 1.69. The summed E-state index contributed by atoms with van der Waals surface area (Å²) < 4.78 is 2.25. The third-order valence-corrected chi connectivity index (χ3v) is 4.15. The fourth-order valence-corrected chi connectivity index (χ4v) is 3.12. The maximum absolute atomic E-state index is 4.17. The monoisotopic (exact) mass is 255 g/mol. The molecule has 1 N–H and O–H groups in total. The molecule has 100 valence electrons. The molecule has 0 aliphatic heterocycles. The second kappa shape index (κ2) is 5.57. The van der Waals surface area contributed by atoms with Crippen molar-refractivity contribution in [2.24, 2.45) is 0 Å². The molecule has 1 fully saturated rings. The number of nitrogens with one attached hydrogen (secondary N) is 1. The van der Waals surface area contributed by atoms with Crippen LogP contribution in [0.4, 0.5) is 0 Å². The van der Waals surface area contributed by atoms with Gasteiger partial charge in [0.15, 0.2) is 0 Å². The minimum absolute atomic E-state index is 0.398. The van der Waals surface area contributed by atoms with Crippen molar-refractivity contribution in [3.8, 4) is 0 Å². The quantitative estimate of drug-likeness (QED) is 0.908. The predicted octanol–water partition coefficient (Wildman–Crippen LogP) is 3.33. The zero-order chi connectivity index (χ0) is 13.1. The first-order valence-corrected chi connectivity index (χ1v) is 7.13. The van der Waals surface area contributed by atoms with Gasteiger partial charge in [0.1, 0.15) is 0 Å². The summed E-state index contributed by atoms with van der Waals surface area (Å²) in [6.45, 7) is 2.25.